The van der Waals surface area contributed by atoms with Gasteiger partial charge in [-0.05, 0) is 88.0 Å². The van der Waals surface area contributed by atoms with Gasteiger partial charge in [-0.1, -0.05) is 322 Å². The van der Waals surface area contributed by atoms with E-state index in [9.17, 15) is 0 Å². The highest BCUT2D eigenvalue weighted by molar-refractivity contribution is 7.22. The van der Waals surface area contributed by atoms with E-state index in [4.69, 9.17) is 9.97 Å². The van der Waals surface area contributed by atoms with Crippen LogP contribution in [0.5, 0.6) is 0 Å². The molecule has 0 aliphatic heterocycles. The SMILES string of the molecule is c1ccc(-c2ccc([Si](c3ccccc3)(c3ccccc3)c3cc(-c4nc(-n5c6ccccc6c6ccccc65)cc(-n5c6ccccc6c6ccccc65)n4)cc([Si](c4ccccc4)(c4ccccc4)c4ccc(-c5ccccc5)cc4)c3)cc2)cc1. The fourth-order valence-electron chi connectivity index (χ4n) is 14.1. The molecule has 88 heavy (non-hydrogen) atoms. The second kappa shape index (κ2) is 22.1. The lowest BCUT2D eigenvalue weighted by molar-refractivity contribution is 0.994. The number of hydrogen-bond acceptors (Lipinski definition) is 2. The molecular formula is C82H58N4Si2. The van der Waals surface area contributed by atoms with Crippen molar-refractivity contribution in [2.45, 2.75) is 0 Å². The van der Waals surface area contributed by atoms with Gasteiger partial charge in [0, 0.05) is 33.2 Å². The molecule has 0 saturated heterocycles. The number of hydrogen-bond donors (Lipinski definition) is 0. The molecule has 0 radical (unpaired) electrons. The third-order valence-electron chi connectivity index (χ3n) is 18.1. The van der Waals surface area contributed by atoms with Crippen LogP contribution in [0.15, 0.2) is 352 Å². The van der Waals surface area contributed by atoms with Gasteiger partial charge in [0.15, 0.2) is 22.0 Å². The van der Waals surface area contributed by atoms with Crippen molar-refractivity contribution in [2.24, 2.45) is 0 Å². The van der Waals surface area contributed by atoms with Gasteiger partial charge in [0.1, 0.15) is 11.6 Å². The molecule has 3 aromatic heterocycles. The van der Waals surface area contributed by atoms with E-state index in [0.717, 1.165) is 39.3 Å². The molecule has 414 valence electrons. The number of rotatable bonds is 13. The average Bonchev–Trinajstić information content (AvgIpc) is 1.12. The minimum Gasteiger partial charge on any atom is -0.294 e. The van der Waals surface area contributed by atoms with Gasteiger partial charge in [0.05, 0.1) is 22.1 Å². The first-order valence-corrected chi connectivity index (χ1v) is 34.2. The van der Waals surface area contributed by atoms with E-state index in [1.165, 1.54) is 85.3 Å². The van der Waals surface area contributed by atoms with Crippen molar-refractivity contribution in [1.82, 2.24) is 19.1 Å². The van der Waals surface area contributed by atoms with E-state index in [-0.39, 0.29) is 0 Å². The Morgan fingerprint density at radius 3 is 0.750 bits per heavy atom. The molecule has 13 aromatic carbocycles. The maximum atomic E-state index is 5.96. The van der Waals surface area contributed by atoms with Gasteiger partial charge in [0.2, 0.25) is 0 Å². The van der Waals surface area contributed by atoms with E-state index in [1.54, 1.807) is 0 Å². The zero-order valence-corrected chi connectivity index (χ0v) is 50.3. The summed E-state index contributed by atoms with van der Waals surface area (Å²) in [4.78, 5) is 11.9. The van der Waals surface area contributed by atoms with E-state index in [1.807, 2.05) is 0 Å². The Bertz CT molecular complexity index is 4660. The van der Waals surface area contributed by atoms with Crippen LogP contribution in [0.2, 0.25) is 0 Å². The third kappa shape index (κ3) is 8.71. The lowest BCUT2D eigenvalue weighted by Gasteiger charge is -2.38. The lowest BCUT2D eigenvalue weighted by Crippen LogP contribution is -2.78. The minimum atomic E-state index is -3.38. The first-order chi connectivity index (χ1) is 43.6. The van der Waals surface area contributed by atoms with E-state index in [2.05, 4.69) is 361 Å². The molecule has 6 heteroatoms. The summed E-state index contributed by atoms with van der Waals surface area (Å²) >= 11 is 0. The first kappa shape index (κ1) is 52.5. The Labute approximate surface area is 514 Å². The Hall–Kier alpha value is -11.0. The van der Waals surface area contributed by atoms with Crippen molar-refractivity contribution in [2.75, 3.05) is 0 Å². The molecular weight excluding hydrogens is 1100 g/mol. The van der Waals surface area contributed by atoms with Crippen LogP contribution >= 0.6 is 0 Å². The highest BCUT2D eigenvalue weighted by Crippen LogP contribution is 2.36. The second-order valence-electron chi connectivity index (χ2n) is 22.8. The number of nitrogens with zero attached hydrogens (tertiary/aromatic N) is 4. The predicted molar refractivity (Wildman–Crippen MR) is 374 cm³/mol. The summed E-state index contributed by atoms with van der Waals surface area (Å²) in [5.74, 6) is 2.19. The van der Waals surface area contributed by atoms with E-state index < -0.39 is 16.1 Å². The topological polar surface area (TPSA) is 35.6 Å². The molecule has 0 bridgehead atoms. The van der Waals surface area contributed by atoms with Gasteiger partial charge in [-0.25, -0.2) is 9.97 Å². The zero-order valence-electron chi connectivity index (χ0n) is 48.3. The van der Waals surface area contributed by atoms with Crippen LogP contribution in [0.4, 0.5) is 0 Å². The first-order valence-electron chi connectivity index (χ1n) is 30.2. The maximum absolute atomic E-state index is 5.96. The molecule has 16 aromatic rings. The molecule has 0 unspecified atom stereocenters. The Kier molecular flexibility index (Phi) is 13.2. The van der Waals surface area contributed by atoms with Gasteiger partial charge in [-0.3, -0.25) is 9.13 Å². The molecule has 0 amide bonds. The van der Waals surface area contributed by atoms with Crippen LogP contribution in [-0.2, 0) is 0 Å². The minimum absolute atomic E-state index is 0.631. The molecule has 0 fully saturated rings. The van der Waals surface area contributed by atoms with Crippen molar-refractivity contribution >= 4 is 101 Å². The molecule has 3 heterocycles. The van der Waals surface area contributed by atoms with Crippen molar-refractivity contribution in [3.05, 3.63) is 352 Å². The predicted octanol–water partition coefficient (Wildman–Crippen LogP) is 14.4. The summed E-state index contributed by atoms with van der Waals surface area (Å²) in [5, 5.41) is 14.8. The average molecular weight is 1160 g/mol. The fraction of sp³-hybridized carbons (Fsp3) is 0. The quantitative estimate of drug-likeness (QED) is 0.0852. The third-order valence-corrected chi connectivity index (χ3v) is 27.6. The molecule has 0 saturated carbocycles. The monoisotopic (exact) mass is 1150 g/mol. The van der Waals surface area contributed by atoms with Crippen molar-refractivity contribution in [3.63, 3.8) is 0 Å². The van der Waals surface area contributed by atoms with Gasteiger partial charge < -0.3 is 0 Å². The van der Waals surface area contributed by atoms with Crippen LogP contribution in [0, 0.1) is 0 Å². The Balaban J connectivity index is 1.07. The van der Waals surface area contributed by atoms with Crippen LogP contribution < -0.4 is 41.5 Å². The molecule has 0 N–H and O–H groups in total. The number of para-hydroxylation sites is 4. The standard InChI is InChI=1S/C82H58N4Si2/c1-7-27-59(28-8-1)61-47-51-68(52-48-61)87(64-31-11-3-12-32-64,65-33-13-4-14-34-65)70-55-63(56-71(57-70)88(66-35-15-5-16-36-66,67-37-17-6-18-38-67)69-53-49-62(50-54-69)60-29-9-2-10-30-60)82-83-80(85-76-43-23-19-39-72(76)73-40-20-24-44-77(73)85)58-81(84-82)86-78-45-25-21-41-74(78)75-42-22-26-46-79(75)86/h1-58H. The maximum Gasteiger partial charge on any atom is 0.179 e. The molecule has 16 rings (SSSR count). The van der Waals surface area contributed by atoms with Crippen molar-refractivity contribution in [1.29, 1.82) is 0 Å². The van der Waals surface area contributed by atoms with Gasteiger partial charge in [0.25, 0.3) is 0 Å². The second-order valence-corrected chi connectivity index (χ2v) is 30.4. The van der Waals surface area contributed by atoms with Crippen LogP contribution in [0.1, 0.15) is 0 Å². The van der Waals surface area contributed by atoms with Crippen molar-refractivity contribution < 1.29 is 0 Å². The fourth-order valence-corrected chi connectivity index (χ4v) is 23.9. The van der Waals surface area contributed by atoms with Gasteiger partial charge in [-0.2, -0.15) is 0 Å². The summed E-state index contributed by atoms with van der Waals surface area (Å²) < 4.78 is 4.70. The molecule has 0 atom stereocenters. The number of benzene rings is 13. The van der Waals surface area contributed by atoms with E-state index >= 15 is 0 Å². The highest BCUT2D eigenvalue weighted by Gasteiger charge is 2.46. The highest BCUT2D eigenvalue weighted by atomic mass is 28.3. The van der Waals surface area contributed by atoms with Crippen LogP contribution in [-0.4, -0.2) is 35.2 Å². The summed E-state index contributed by atoms with van der Waals surface area (Å²) in [6.07, 6.45) is 0. The zero-order chi connectivity index (χ0) is 58.4. The summed E-state index contributed by atoms with van der Waals surface area (Å²) in [5.41, 5.74) is 9.96. The van der Waals surface area contributed by atoms with Gasteiger partial charge >= 0.3 is 0 Å². The van der Waals surface area contributed by atoms with Crippen LogP contribution in [0.25, 0.3) is 88.9 Å². The summed E-state index contributed by atoms with van der Waals surface area (Å²) in [7, 11) is -6.75. The number of fused-ring (bicyclic) bond motifs is 6. The Morgan fingerprint density at radius 2 is 0.443 bits per heavy atom. The smallest absolute Gasteiger partial charge is 0.179 e. The molecule has 0 aliphatic rings. The molecule has 4 nitrogen and oxygen atoms in total. The van der Waals surface area contributed by atoms with E-state index in [0.29, 0.717) is 5.82 Å². The number of aromatic nitrogens is 4. The molecule has 0 aliphatic carbocycles. The van der Waals surface area contributed by atoms with Gasteiger partial charge in [-0.15, -0.1) is 0 Å². The lowest BCUT2D eigenvalue weighted by atomic mass is 10.1. The summed E-state index contributed by atoms with van der Waals surface area (Å²) in [6, 6.07) is 131. The summed E-state index contributed by atoms with van der Waals surface area (Å²) in [6.45, 7) is 0. The molecule has 0 spiro atoms. The normalized spacial score (nSPS) is 11.9. The van der Waals surface area contributed by atoms with Crippen molar-refractivity contribution in [3.8, 4) is 45.3 Å². The largest absolute Gasteiger partial charge is 0.294 e. The van der Waals surface area contributed by atoms with Crippen LogP contribution in [0.3, 0.4) is 0 Å². The Morgan fingerprint density at radius 1 is 0.193 bits per heavy atom.